The number of carbonyl (C=O) groups is 1. The van der Waals surface area contributed by atoms with Crippen molar-refractivity contribution in [1.82, 2.24) is 5.32 Å². The first-order valence-corrected chi connectivity index (χ1v) is 7.64. The van der Waals surface area contributed by atoms with E-state index in [1.54, 1.807) is 17.4 Å². The van der Waals surface area contributed by atoms with Crippen molar-refractivity contribution in [3.63, 3.8) is 0 Å². The maximum Gasteiger partial charge on any atom is 0.270 e. The van der Waals surface area contributed by atoms with Gasteiger partial charge in [0.2, 0.25) is 0 Å². The van der Waals surface area contributed by atoms with Crippen LogP contribution in [0.5, 0.6) is 0 Å². The second-order valence-electron chi connectivity index (χ2n) is 4.12. The van der Waals surface area contributed by atoms with Crippen LogP contribution in [0.15, 0.2) is 30.3 Å². The van der Waals surface area contributed by atoms with E-state index in [0.29, 0.717) is 15.7 Å². The maximum atomic E-state index is 12.1. The Morgan fingerprint density at radius 3 is 2.75 bits per heavy atom. The molecular weight excluding hydrogens is 391 g/mol. The molecule has 0 saturated carbocycles. The summed E-state index contributed by atoms with van der Waals surface area (Å²) in [6, 6.07) is 8.21. The number of rotatable bonds is 4. The van der Waals surface area contributed by atoms with Crippen LogP contribution >= 0.6 is 33.9 Å². The quantitative estimate of drug-likeness (QED) is 0.484. The van der Waals surface area contributed by atoms with E-state index in [0.717, 1.165) is 4.88 Å². The van der Waals surface area contributed by atoms with Gasteiger partial charge in [-0.25, -0.2) is 0 Å². The van der Waals surface area contributed by atoms with Crippen molar-refractivity contribution >= 4 is 45.5 Å². The number of non-ortho nitro benzene ring substituents is 1. The number of nitrogens with zero attached hydrogens (tertiary/aromatic N) is 1. The lowest BCUT2D eigenvalue weighted by Crippen LogP contribution is -2.23. The molecule has 0 bridgehead atoms. The highest BCUT2D eigenvalue weighted by Crippen LogP contribution is 2.20. The molecule has 0 atom stereocenters. The fourth-order valence-electron chi connectivity index (χ4n) is 1.64. The fourth-order valence-corrected chi connectivity index (χ4v) is 3.05. The summed E-state index contributed by atoms with van der Waals surface area (Å²) in [5, 5.41) is 13.5. The lowest BCUT2D eigenvalue weighted by Gasteiger charge is -2.05. The second-order valence-corrected chi connectivity index (χ2v) is 6.65. The molecule has 0 aliphatic heterocycles. The van der Waals surface area contributed by atoms with Crippen molar-refractivity contribution in [2.75, 3.05) is 0 Å². The maximum absolute atomic E-state index is 12.1. The molecule has 1 aromatic heterocycles. The molecule has 2 aromatic rings. The van der Waals surface area contributed by atoms with Crippen LogP contribution in [0.1, 0.15) is 20.1 Å². The van der Waals surface area contributed by atoms with Crippen molar-refractivity contribution in [2.45, 2.75) is 13.5 Å². The van der Waals surface area contributed by atoms with Crippen LogP contribution in [-0.4, -0.2) is 10.8 Å². The normalized spacial score (nSPS) is 10.3. The van der Waals surface area contributed by atoms with Crippen LogP contribution in [0.2, 0.25) is 0 Å². The molecule has 1 N–H and O–H groups in total. The summed E-state index contributed by atoms with van der Waals surface area (Å²) in [4.78, 5) is 24.6. The minimum Gasteiger partial charge on any atom is -0.347 e. The second kappa shape index (κ2) is 6.31. The number of nitro benzene ring substituents is 1. The molecule has 0 spiro atoms. The van der Waals surface area contributed by atoms with Crippen molar-refractivity contribution in [2.24, 2.45) is 0 Å². The third-order valence-corrected chi connectivity index (χ3v) is 4.57. The minimum absolute atomic E-state index is 0.0810. The van der Waals surface area contributed by atoms with Crippen LogP contribution in [0.25, 0.3) is 0 Å². The molecular formula is C13H11IN2O3S. The molecule has 0 unspecified atom stereocenters. The van der Waals surface area contributed by atoms with Gasteiger partial charge in [0.15, 0.2) is 0 Å². The molecule has 0 fully saturated rings. The molecule has 20 heavy (non-hydrogen) atoms. The molecule has 0 radical (unpaired) electrons. The largest absolute Gasteiger partial charge is 0.347 e. The molecule has 1 heterocycles. The molecule has 5 nitrogen and oxygen atoms in total. The van der Waals surface area contributed by atoms with Gasteiger partial charge >= 0.3 is 0 Å². The van der Waals surface area contributed by atoms with Gasteiger partial charge in [-0.15, -0.1) is 11.3 Å². The van der Waals surface area contributed by atoms with Crippen molar-refractivity contribution in [3.05, 3.63) is 59.3 Å². The topological polar surface area (TPSA) is 72.2 Å². The van der Waals surface area contributed by atoms with Gasteiger partial charge in [-0.2, -0.15) is 0 Å². The van der Waals surface area contributed by atoms with E-state index < -0.39 is 4.92 Å². The summed E-state index contributed by atoms with van der Waals surface area (Å²) < 4.78 is 0.688. The van der Waals surface area contributed by atoms with Gasteiger partial charge in [0.05, 0.1) is 17.0 Å². The zero-order chi connectivity index (χ0) is 14.7. The van der Waals surface area contributed by atoms with Gasteiger partial charge in [-0.05, 0) is 47.7 Å². The Labute approximate surface area is 133 Å². The van der Waals surface area contributed by atoms with Crippen LogP contribution in [0.4, 0.5) is 5.69 Å². The van der Waals surface area contributed by atoms with Gasteiger partial charge in [-0.3, -0.25) is 14.9 Å². The number of amides is 1. The molecule has 104 valence electrons. The van der Waals surface area contributed by atoms with E-state index in [4.69, 9.17) is 0 Å². The highest BCUT2D eigenvalue weighted by Gasteiger charge is 2.15. The van der Waals surface area contributed by atoms with Crippen LogP contribution in [0, 0.1) is 20.6 Å². The average molecular weight is 402 g/mol. The molecule has 0 saturated heterocycles. The smallest absolute Gasteiger partial charge is 0.270 e. The molecule has 1 amide bonds. The van der Waals surface area contributed by atoms with Gasteiger partial charge in [-0.1, -0.05) is 0 Å². The Kier molecular flexibility index (Phi) is 4.71. The predicted octanol–water partition coefficient (Wildman–Crippen LogP) is 3.50. The average Bonchev–Trinajstić information content (AvgIpc) is 2.82. The number of thiophene rings is 1. The third kappa shape index (κ3) is 3.54. The SMILES string of the molecule is Cc1ccc(CNC(=O)c2cc([N+](=O)[O-])ccc2I)s1. The number of aryl methyl sites for hydroxylation is 1. The highest BCUT2D eigenvalue weighted by molar-refractivity contribution is 14.1. The van der Waals surface area contributed by atoms with E-state index in [-0.39, 0.29) is 11.6 Å². The predicted molar refractivity (Wildman–Crippen MR) is 86.0 cm³/mol. The van der Waals surface area contributed by atoms with Gasteiger partial charge in [0, 0.05) is 25.5 Å². The van der Waals surface area contributed by atoms with E-state index in [1.807, 2.05) is 41.6 Å². The number of benzene rings is 1. The Morgan fingerprint density at radius 2 is 2.15 bits per heavy atom. The van der Waals surface area contributed by atoms with E-state index >= 15 is 0 Å². The summed E-state index contributed by atoms with van der Waals surface area (Å²) in [6.45, 7) is 2.43. The molecule has 7 heteroatoms. The summed E-state index contributed by atoms with van der Waals surface area (Å²) in [7, 11) is 0. The van der Waals surface area contributed by atoms with Gasteiger partial charge in [0.25, 0.3) is 11.6 Å². The van der Waals surface area contributed by atoms with Crippen LogP contribution in [-0.2, 0) is 6.54 Å². The number of hydrogen-bond acceptors (Lipinski definition) is 4. The standard InChI is InChI=1S/C13H11IN2O3S/c1-8-2-4-10(20-8)7-15-13(17)11-6-9(16(18)19)3-5-12(11)14/h2-6H,7H2,1H3,(H,15,17). The number of nitro groups is 1. The van der Waals surface area contributed by atoms with Crippen molar-refractivity contribution in [3.8, 4) is 0 Å². The number of nitrogens with one attached hydrogen (secondary N) is 1. The third-order valence-electron chi connectivity index (χ3n) is 2.62. The fraction of sp³-hybridized carbons (Fsp3) is 0.154. The lowest BCUT2D eigenvalue weighted by atomic mass is 10.2. The first kappa shape index (κ1) is 14.9. The Bertz CT molecular complexity index is 669. The summed E-state index contributed by atoms with van der Waals surface area (Å²) in [5.41, 5.74) is 0.246. The zero-order valence-corrected chi connectivity index (χ0v) is 13.5. The molecule has 2 rings (SSSR count). The zero-order valence-electron chi connectivity index (χ0n) is 10.6. The lowest BCUT2D eigenvalue weighted by molar-refractivity contribution is -0.384. The Hall–Kier alpha value is -1.48. The summed E-state index contributed by atoms with van der Waals surface area (Å²) in [6.07, 6.45) is 0. The number of carbonyl (C=O) groups excluding carboxylic acids is 1. The molecule has 0 aliphatic carbocycles. The highest BCUT2D eigenvalue weighted by atomic mass is 127. The van der Waals surface area contributed by atoms with E-state index in [1.165, 1.54) is 17.0 Å². The van der Waals surface area contributed by atoms with Gasteiger partial charge < -0.3 is 5.32 Å². The van der Waals surface area contributed by atoms with Crippen molar-refractivity contribution < 1.29 is 9.72 Å². The minimum atomic E-state index is -0.504. The number of halogens is 1. The van der Waals surface area contributed by atoms with E-state index in [2.05, 4.69) is 5.32 Å². The Morgan fingerprint density at radius 1 is 1.40 bits per heavy atom. The summed E-state index contributed by atoms with van der Waals surface area (Å²) >= 11 is 3.61. The van der Waals surface area contributed by atoms with Crippen LogP contribution < -0.4 is 5.32 Å². The molecule has 0 aliphatic rings. The van der Waals surface area contributed by atoms with Crippen molar-refractivity contribution in [1.29, 1.82) is 0 Å². The monoisotopic (exact) mass is 402 g/mol. The molecule has 1 aromatic carbocycles. The Balaban J connectivity index is 2.12. The first-order chi connectivity index (χ1) is 9.47. The summed E-state index contributed by atoms with van der Waals surface area (Å²) in [5.74, 6) is -0.302. The number of hydrogen-bond donors (Lipinski definition) is 1. The van der Waals surface area contributed by atoms with E-state index in [9.17, 15) is 14.9 Å². The van der Waals surface area contributed by atoms with Crippen LogP contribution in [0.3, 0.4) is 0 Å². The first-order valence-electron chi connectivity index (χ1n) is 5.75. The van der Waals surface area contributed by atoms with Gasteiger partial charge in [0.1, 0.15) is 0 Å².